The Morgan fingerprint density at radius 2 is 2.14 bits per heavy atom. The highest BCUT2D eigenvalue weighted by molar-refractivity contribution is 5.78. The third kappa shape index (κ3) is 4.91. The minimum Gasteiger partial charge on any atom is -0.406 e. The summed E-state index contributed by atoms with van der Waals surface area (Å²) in [5, 5.41) is 0. The number of carbonyl (C=O) groups excluding carboxylic acids is 1. The van der Waals surface area contributed by atoms with E-state index in [0.29, 0.717) is 32.5 Å². The van der Waals surface area contributed by atoms with Gasteiger partial charge in [0.15, 0.2) is 0 Å². The van der Waals surface area contributed by atoms with E-state index in [-0.39, 0.29) is 17.6 Å². The van der Waals surface area contributed by atoms with Gasteiger partial charge in [-0.2, -0.15) is 0 Å². The molecule has 0 unspecified atom stereocenters. The molecule has 1 aliphatic rings. The van der Waals surface area contributed by atoms with Crippen molar-refractivity contribution in [2.24, 2.45) is 5.92 Å². The van der Waals surface area contributed by atoms with Gasteiger partial charge in [-0.1, -0.05) is 12.1 Å². The fourth-order valence-electron chi connectivity index (χ4n) is 2.61. The molecular weight excluding hydrogens is 299 g/mol. The Hall–Kier alpha value is -1.76. The Morgan fingerprint density at radius 3 is 2.82 bits per heavy atom. The van der Waals surface area contributed by atoms with Crippen molar-refractivity contribution in [2.45, 2.75) is 19.2 Å². The van der Waals surface area contributed by atoms with Crippen LogP contribution >= 0.6 is 0 Å². The summed E-state index contributed by atoms with van der Waals surface area (Å²) >= 11 is 0. The smallest absolute Gasteiger partial charge is 0.406 e. The third-order valence-corrected chi connectivity index (χ3v) is 3.52. The topological polar surface area (TPSA) is 38.8 Å². The maximum absolute atomic E-state index is 12.2. The second-order valence-corrected chi connectivity index (χ2v) is 5.30. The van der Waals surface area contributed by atoms with Crippen LogP contribution in [0.25, 0.3) is 0 Å². The highest BCUT2D eigenvalue weighted by atomic mass is 19.4. The fraction of sp³-hybridized carbons (Fsp3) is 0.533. The Kier molecular flexibility index (Phi) is 5.28. The summed E-state index contributed by atoms with van der Waals surface area (Å²) < 4.78 is 45.5. The van der Waals surface area contributed by atoms with Crippen LogP contribution in [0.15, 0.2) is 24.3 Å². The van der Waals surface area contributed by atoms with Crippen molar-refractivity contribution in [3.63, 3.8) is 0 Å². The molecule has 1 saturated heterocycles. The molecule has 0 bridgehead atoms. The van der Waals surface area contributed by atoms with E-state index >= 15 is 0 Å². The average Bonchev–Trinajstić information content (AvgIpc) is 2.75. The quantitative estimate of drug-likeness (QED) is 0.809. The van der Waals surface area contributed by atoms with Gasteiger partial charge in [-0.15, -0.1) is 13.2 Å². The van der Waals surface area contributed by atoms with Gasteiger partial charge in [0.1, 0.15) is 5.75 Å². The largest absolute Gasteiger partial charge is 0.573 e. The van der Waals surface area contributed by atoms with Gasteiger partial charge in [-0.05, 0) is 30.0 Å². The van der Waals surface area contributed by atoms with Crippen molar-refractivity contribution in [1.29, 1.82) is 0 Å². The Labute approximate surface area is 126 Å². The van der Waals surface area contributed by atoms with Crippen LogP contribution in [0.2, 0.25) is 0 Å². The number of methoxy groups -OCH3 is 1. The van der Waals surface area contributed by atoms with E-state index in [9.17, 15) is 18.0 Å². The first kappa shape index (κ1) is 16.6. The van der Waals surface area contributed by atoms with Gasteiger partial charge in [0.2, 0.25) is 5.91 Å². The van der Waals surface area contributed by atoms with Crippen LogP contribution < -0.4 is 4.74 Å². The van der Waals surface area contributed by atoms with Crippen molar-refractivity contribution >= 4 is 5.91 Å². The molecule has 4 nitrogen and oxygen atoms in total. The van der Waals surface area contributed by atoms with Gasteiger partial charge < -0.3 is 14.4 Å². The third-order valence-electron chi connectivity index (χ3n) is 3.52. The van der Waals surface area contributed by atoms with E-state index in [4.69, 9.17) is 4.74 Å². The number of ether oxygens (including phenoxy) is 2. The Balaban J connectivity index is 1.94. The number of halogens is 3. The maximum Gasteiger partial charge on any atom is 0.573 e. The van der Waals surface area contributed by atoms with Crippen LogP contribution in [0.1, 0.15) is 12.0 Å². The molecule has 22 heavy (non-hydrogen) atoms. The first-order valence-corrected chi connectivity index (χ1v) is 6.99. The summed E-state index contributed by atoms with van der Waals surface area (Å²) in [5.74, 6) is -0.0687. The molecule has 122 valence electrons. The molecule has 1 fully saturated rings. The second-order valence-electron chi connectivity index (χ2n) is 5.30. The second kappa shape index (κ2) is 7.00. The van der Waals surface area contributed by atoms with Crippen LogP contribution in [0.3, 0.4) is 0 Å². The van der Waals surface area contributed by atoms with Gasteiger partial charge in [-0.3, -0.25) is 4.79 Å². The minimum absolute atomic E-state index is 0.0600. The van der Waals surface area contributed by atoms with E-state index in [1.807, 2.05) is 0 Å². The van der Waals surface area contributed by atoms with Crippen LogP contribution in [0.4, 0.5) is 13.2 Å². The average molecular weight is 317 g/mol. The first-order valence-electron chi connectivity index (χ1n) is 6.99. The van der Waals surface area contributed by atoms with E-state index < -0.39 is 6.36 Å². The Bertz CT molecular complexity index is 519. The van der Waals surface area contributed by atoms with Gasteiger partial charge in [0.25, 0.3) is 0 Å². The van der Waals surface area contributed by atoms with Crippen LogP contribution in [-0.4, -0.2) is 44.0 Å². The van der Waals surface area contributed by atoms with Crippen molar-refractivity contribution in [1.82, 2.24) is 4.90 Å². The van der Waals surface area contributed by atoms with Gasteiger partial charge in [0.05, 0.1) is 6.61 Å². The molecule has 0 N–H and O–H groups in total. The molecule has 7 heteroatoms. The van der Waals surface area contributed by atoms with Gasteiger partial charge >= 0.3 is 6.36 Å². The molecule has 1 aromatic rings. The zero-order valence-electron chi connectivity index (χ0n) is 12.2. The summed E-state index contributed by atoms with van der Waals surface area (Å²) in [6.45, 7) is 1.63. The molecule has 0 aromatic heterocycles. The summed E-state index contributed by atoms with van der Waals surface area (Å²) in [6, 6.07) is 5.90. The van der Waals surface area contributed by atoms with Crippen molar-refractivity contribution in [2.75, 3.05) is 26.8 Å². The number of amides is 1. The summed E-state index contributed by atoms with van der Waals surface area (Å²) in [5.41, 5.74) is 0.730. The number of hydrogen-bond donors (Lipinski definition) is 0. The standard InChI is InChI=1S/C15H18F3NO3/c1-21-6-5-19-10-12(9-14(19)20)7-11-3-2-4-13(8-11)22-15(16,17)18/h2-4,8,12H,5-7,9-10H2,1H3/t12-/m0/s1. The molecule has 1 atom stereocenters. The molecule has 1 aliphatic heterocycles. The lowest BCUT2D eigenvalue weighted by atomic mass is 9.98. The van der Waals surface area contributed by atoms with Gasteiger partial charge in [0, 0.05) is 26.6 Å². The normalized spacial score (nSPS) is 18.8. The zero-order chi connectivity index (χ0) is 16.2. The van der Waals surface area contributed by atoms with E-state index in [1.165, 1.54) is 18.2 Å². The van der Waals surface area contributed by atoms with Crippen LogP contribution in [-0.2, 0) is 16.0 Å². The minimum atomic E-state index is -4.70. The molecule has 1 amide bonds. The number of nitrogens with zero attached hydrogens (tertiary/aromatic N) is 1. The zero-order valence-corrected chi connectivity index (χ0v) is 12.2. The lowest BCUT2D eigenvalue weighted by Crippen LogP contribution is -2.28. The molecule has 0 saturated carbocycles. The number of alkyl halides is 3. The van der Waals surface area contributed by atoms with Crippen molar-refractivity contribution in [3.8, 4) is 5.75 Å². The number of rotatable bonds is 6. The molecular formula is C15H18F3NO3. The van der Waals surface area contributed by atoms with Gasteiger partial charge in [-0.25, -0.2) is 0 Å². The number of carbonyl (C=O) groups is 1. The SMILES string of the molecule is COCCN1C[C@@H](Cc2cccc(OC(F)(F)F)c2)CC1=O. The van der Waals surface area contributed by atoms with Crippen LogP contribution in [0.5, 0.6) is 5.75 Å². The fourth-order valence-corrected chi connectivity index (χ4v) is 2.61. The maximum atomic E-state index is 12.2. The number of hydrogen-bond acceptors (Lipinski definition) is 3. The molecule has 0 aliphatic carbocycles. The highest BCUT2D eigenvalue weighted by Crippen LogP contribution is 2.26. The summed E-state index contributed by atoms with van der Waals surface area (Å²) in [6.07, 6.45) is -3.74. The van der Waals surface area contributed by atoms with Crippen molar-refractivity contribution in [3.05, 3.63) is 29.8 Å². The highest BCUT2D eigenvalue weighted by Gasteiger charge is 2.32. The monoisotopic (exact) mass is 317 g/mol. The molecule has 1 heterocycles. The molecule has 0 radical (unpaired) electrons. The lowest BCUT2D eigenvalue weighted by Gasteiger charge is -2.16. The van der Waals surface area contributed by atoms with Crippen molar-refractivity contribution < 1.29 is 27.4 Å². The molecule has 0 spiro atoms. The lowest BCUT2D eigenvalue weighted by molar-refractivity contribution is -0.274. The predicted molar refractivity (Wildman–Crippen MR) is 73.4 cm³/mol. The number of benzene rings is 1. The Morgan fingerprint density at radius 1 is 1.36 bits per heavy atom. The predicted octanol–water partition coefficient (Wildman–Crippen LogP) is 2.62. The molecule has 1 aromatic carbocycles. The van der Waals surface area contributed by atoms with Crippen LogP contribution in [0, 0.1) is 5.92 Å². The van der Waals surface area contributed by atoms with E-state index in [2.05, 4.69) is 4.74 Å². The number of likely N-dealkylation sites (tertiary alicyclic amines) is 1. The summed E-state index contributed by atoms with van der Waals surface area (Å²) in [4.78, 5) is 13.6. The first-order chi connectivity index (χ1) is 10.4. The van der Waals surface area contributed by atoms with E-state index in [0.717, 1.165) is 5.56 Å². The van der Waals surface area contributed by atoms with E-state index in [1.54, 1.807) is 18.1 Å². The summed E-state index contributed by atoms with van der Waals surface area (Å²) in [7, 11) is 1.57. The molecule has 2 rings (SSSR count).